The molecule has 5 rings (SSSR count). The van der Waals surface area contributed by atoms with Crippen LogP contribution in [0.25, 0.3) is 0 Å². The van der Waals surface area contributed by atoms with Crippen molar-refractivity contribution in [3.05, 3.63) is 71.3 Å². The van der Waals surface area contributed by atoms with E-state index in [0.717, 1.165) is 38.9 Å². The molecule has 1 saturated carbocycles. The van der Waals surface area contributed by atoms with E-state index in [1.54, 1.807) is 0 Å². The van der Waals surface area contributed by atoms with Crippen molar-refractivity contribution in [2.75, 3.05) is 33.7 Å². The third-order valence-corrected chi connectivity index (χ3v) is 9.85. The number of nitrogens with zero attached hydrogens (tertiary/aromatic N) is 3. The minimum Gasteiger partial charge on any atom is -0.366 e. The fraction of sp³-hybridized carbons (Fsp3) is 0.588. The second-order valence-electron chi connectivity index (χ2n) is 12.7. The molecule has 2 aliphatic heterocycles. The maximum Gasteiger partial charge on any atom is 0.248 e. The Balaban J connectivity index is 1.27. The molecule has 2 aromatic rings. The molecule has 40 heavy (non-hydrogen) atoms. The largest absolute Gasteiger partial charge is 0.366 e. The number of fused-ring (bicyclic) bond motifs is 2. The molecule has 1 aliphatic carbocycles. The first-order chi connectivity index (χ1) is 19.4. The molecule has 6 nitrogen and oxygen atoms in total. The van der Waals surface area contributed by atoms with E-state index in [0.29, 0.717) is 29.5 Å². The van der Waals surface area contributed by atoms with Gasteiger partial charge < -0.3 is 10.6 Å². The van der Waals surface area contributed by atoms with Gasteiger partial charge >= 0.3 is 0 Å². The molecule has 2 aromatic carbocycles. The fourth-order valence-electron chi connectivity index (χ4n) is 7.61. The first-order valence-corrected chi connectivity index (χ1v) is 15.5. The van der Waals surface area contributed by atoms with Crippen molar-refractivity contribution in [2.24, 2.45) is 11.7 Å². The molecule has 6 heteroatoms. The Morgan fingerprint density at radius 3 is 2.27 bits per heavy atom. The number of likely N-dealkylation sites (N-methyl/N-ethyl adjacent to an activating group) is 1. The zero-order chi connectivity index (χ0) is 28.1. The number of amides is 2. The lowest BCUT2D eigenvalue weighted by molar-refractivity contribution is -0.137. The first-order valence-electron chi connectivity index (χ1n) is 15.5. The third kappa shape index (κ3) is 6.95. The summed E-state index contributed by atoms with van der Waals surface area (Å²) in [5, 5.41) is 0. The molecule has 216 valence electrons. The molecule has 1 unspecified atom stereocenters. The zero-order valence-corrected chi connectivity index (χ0v) is 24.5. The predicted molar refractivity (Wildman–Crippen MR) is 161 cm³/mol. The van der Waals surface area contributed by atoms with Crippen molar-refractivity contribution < 1.29 is 9.59 Å². The second-order valence-corrected chi connectivity index (χ2v) is 12.7. The summed E-state index contributed by atoms with van der Waals surface area (Å²) in [5.41, 5.74) is 8.63. The van der Waals surface area contributed by atoms with Crippen LogP contribution in [0.1, 0.15) is 85.2 Å². The average Bonchev–Trinajstić information content (AvgIpc) is 3.20. The van der Waals surface area contributed by atoms with E-state index in [9.17, 15) is 9.59 Å². The molecular weight excluding hydrogens is 496 g/mol. The lowest BCUT2D eigenvalue weighted by Crippen LogP contribution is -2.52. The highest BCUT2D eigenvalue weighted by Gasteiger charge is 2.41. The monoisotopic (exact) mass is 544 g/mol. The number of hydrogen-bond donors (Lipinski definition) is 1. The third-order valence-electron chi connectivity index (χ3n) is 9.85. The lowest BCUT2D eigenvalue weighted by Gasteiger charge is -2.41. The zero-order valence-electron chi connectivity index (χ0n) is 24.5. The normalized spacial score (nSPS) is 24.2. The highest BCUT2D eigenvalue weighted by Crippen LogP contribution is 2.43. The summed E-state index contributed by atoms with van der Waals surface area (Å²) < 4.78 is 0. The van der Waals surface area contributed by atoms with Gasteiger partial charge in [-0.05, 0) is 94.1 Å². The highest BCUT2D eigenvalue weighted by molar-refractivity contribution is 5.92. The van der Waals surface area contributed by atoms with Crippen molar-refractivity contribution >= 4 is 11.8 Å². The van der Waals surface area contributed by atoms with Crippen LogP contribution in [0.15, 0.2) is 54.6 Å². The Labute approximate surface area is 240 Å². The molecule has 3 aliphatic rings. The number of carbonyl (C=O) groups is 2. The molecule has 4 atom stereocenters. The minimum atomic E-state index is -0.353. The summed E-state index contributed by atoms with van der Waals surface area (Å²) in [4.78, 5) is 33.0. The fourth-order valence-corrected chi connectivity index (χ4v) is 7.61. The van der Waals surface area contributed by atoms with Crippen molar-refractivity contribution in [3.8, 4) is 0 Å². The quantitative estimate of drug-likeness (QED) is 0.429. The Kier molecular flexibility index (Phi) is 9.59. The Hall–Kier alpha value is -2.70. The smallest absolute Gasteiger partial charge is 0.248 e. The summed E-state index contributed by atoms with van der Waals surface area (Å²) in [6.07, 6.45) is 11.8. The van der Waals surface area contributed by atoms with Gasteiger partial charge in [0.05, 0.1) is 6.04 Å². The SMILES string of the molecule is CN(C)[C@@H](Cc1ccccc1)C(=O)N(CCN1[C@@H]2CC[C@H]1CC(c1cccc(C(N)=O)c1)C2)CC1CCCCC1. The topological polar surface area (TPSA) is 69.9 Å². The highest BCUT2D eigenvalue weighted by atomic mass is 16.2. The summed E-state index contributed by atoms with van der Waals surface area (Å²) in [5.74, 6) is 1.02. The average molecular weight is 545 g/mol. The van der Waals surface area contributed by atoms with Crippen molar-refractivity contribution in [2.45, 2.75) is 88.3 Å². The molecule has 2 bridgehead atoms. The summed E-state index contributed by atoms with van der Waals surface area (Å²) >= 11 is 0. The van der Waals surface area contributed by atoms with Gasteiger partial charge in [0.1, 0.15) is 0 Å². The summed E-state index contributed by atoms with van der Waals surface area (Å²) in [6.45, 7) is 2.65. The summed E-state index contributed by atoms with van der Waals surface area (Å²) in [7, 11) is 4.09. The van der Waals surface area contributed by atoms with Crippen LogP contribution in [0, 0.1) is 5.92 Å². The van der Waals surface area contributed by atoms with Crippen LogP contribution in [0.5, 0.6) is 0 Å². The maximum atomic E-state index is 14.2. The van der Waals surface area contributed by atoms with Crippen LogP contribution in [0.4, 0.5) is 0 Å². The van der Waals surface area contributed by atoms with E-state index in [1.165, 1.54) is 56.1 Å². The molecule has 2 saturated heterocycles. The predicted octanol–water partition coefficient (Wildman–Crippen LogP) is 5.08. The maximum absolute atomic E-state index is 14.2. The van der Waals surface area contributed by atoms with E-state index in [-0.39, 0.29) is 17.9 Å². The number of rotatable bonds is 11. The Bertz CT molecular complexity index is 1120. The Morgan fingerprint density at radius 1 is 0.925 bits per heavy atom. The van der Waals surface area contributed by atoms with E-state index in [4.69, 9.17) is 5.73 Å². The first kappa shape index (κ1) is 28.8. The van der Waals surface area contributed by atoms with Gasteiger partial charge in [-0.2, -0.15) is 0 Å². The molecule has 0 aromatic heterocycles. The standard InChI is InChI=1S/C34H48N4O2/c1-36(2)32(20-25-10-5-3-6-11-25)34(40)37(24-26-12-7-4-8-13-26)18-19-38-30-16-17-31(38)23-29(22-30)27-14-9-15-28(21-27)33(35)39/h3,5-6,9-11,14-15,21,26,29-32H,4,7-8,12-13,16-20,22-24H2,1-2H3,(H2,35,39)/t29?,30-,31+,32-/m0/s1. The van der Waals surface area contributed by atoms with E-state index < -0.39 is 0 Å². The van der Waals surface area contributed by atoms with Gasteiger partial charge in [0.2, 0.25) is 11.8 Å². The van der Waals surface area contributed by atoms with Crippen molar-refractivity contribution in [1.29, 1.82) is 0 Å². The van der Waals surface area contributed by atoms with Gasteiger partial charge in [0.25, 0.3) is 0 Å². The van der Waals surface area contributed by atoms with Crippen LogP contribution in [0.3, 0.4) is 0 Å². The number of primary amides is 1. The molecular formula is C34H48N4O2. The second kappa shape index (κ2) is 13.3. The molecule has 2 N–H and O–H groups in total. The van der Waals surface area contributed by atoms with Gasteiger partial charge in [-0.25, -0.2) is 0 Å². The van der Waals surface area contributed by atoms with Crippen LogP contribution in [0.2, 0.25) is 0 Å². The van der Waals surface area contributed by atoms with Crippen LogP contribution >= 0.6 is 0 Å². The number of nitrogens with two attached hydrogens (primary N) is 1. The number of hydrogen-bond acceptors (Lipinski definition) is 4. The lowest BCUT2D eigenvalue weighted by atomic mass is 9.84. The van der Waals surface area contributed by atoms with Gasteiger partial charge in [-0.1, -0.05) is 61.7 Å². The van der Waals surface area contributed by atoms with Gasteiger partial charge in [-0.3, -0.25) is 19.4 Å². The molecule has 3 fully saturated rings. The van der Waals surface area contributed by atoms with E-state index in [1.807, 2.05) is 38.4 Å². The number of benzene rings is 2. The van der Waals surface area contributed by atoms with E-state index >= 15 is 0 Å². The Morgan fingerprint density at radius 2 is 1.62 bits per heavy atom. The van der Waals surface area contributed by atoms with Gasteiger partial charge in [-0.15, -0.1) is 0 Å². The van der Waals surface area contributed by atoms with Crippen LogP contribution in [-0.4, -0.2) is 78.4 Å². The minimum absolute atomic E-state index is 0.147. The van der Waals surface area contributed by atoms with Crippen LogP contribution in [-0.2, 0) is 11.2 Å². The van der Waals surface area contributed by atoms with Gasteiger partial charge in [0, 0.05) is 37.3 Å². The molecule has 2 amide bonds. The van der Waals surface area contributed by atoms with Crippen molar-refractivity contribution in [3.63, 3.8) is 0 Å². The van der Waals surface area contributed by atoms with Crippen molar-refractivity contribution in [1.82, 2.24) is 14.7 Å². The van der Waals surface area contributed by atoms with E-state index in [2.05, 4.69) is 45.0 Å². The number of carbonyl (C=O) groups excluding carboxylic acids is 2. The number of piperidine rings is 1. The molecule has 0 radical (unpaired) electrons. The molecule has 2 heterocycles. The summed E-state index contributed by atoms with van der Waals surface area (Å²) in [6, 6.07) is 19.3. The molecule has 0 spiro atoms. The van der Waals surface area contributed by atoms with Crippen LogP contribution < -0.4 is 5.73 Å². The van der Waals surface area contributed by atoms with Gasteiger partial charge in [0.15, 0.2) is 0 Å².